The highest BCUT2D eigenvalue weighted by molar-refractivity contribution is 5.98. The number of Topliss-reactive ketones (excluding diaryl/α,β-unsaturated/α-hetero) is 1. The van der Waals surface area contributed by atoms with Gasteiger partial charge in [-0.3, -0.25) is 9.69 Å². The van der Waals surface area contributed by atoms with Crippen LogP contribution in [0.3, 0.4) is 0 Å². The number of ketones is 1. The molecule has 1 atom stereocenters. The standard InChI is InChI=1S/C14H17NO4/c1-10-7-15(4-5-17-10)8-12(16)11-2-3-13-14(6-11)19-9-18-13/h2-3,6,10H,4-5,7-9H2,1H3. The van der Waals surface area contributed by atoms with Crippen LogP contribution in [0.2, 0.25) is 0 Å². The molecule has 2 heterocycles. The van der Waals surface area contributed by atoms with E-state index < -0.39 is 0 Å². The number of carbonyl (C=O) groups excluding carboxylic acids is 1. The van der Waals surface area contributed by atoms with Gasteiger partial charge in [0, 0.05) is 18.7 Å². The van der Waals surface area contributed by atoms with Gasteiger partial charge in [-0.2, -0.15) is 0 Å². The average molecular weight is 263 g/mol. The van der Waals surface area contributed by atoms with Crippen molar-refractivity contribution in [3.05, 3.63) is 23.8 Å². The molecule has 5 heteroatoms. The Balaban J connectivity index is 1.67. The van der Waals surface area contributed by atoms with E-state index in [2.05, 4.69) is 4.90 Å². The summed E-state index contributed by atoms with van der Waals surface area (Å²) in [7, 11) is 0. The van der Waals surface area contributed by atoms with Gasteiger partial charge in [0.1, 0.15) is 0 Å². The van der Waals surface area contributed by atoms with E-state index in [1.54, 1.807) is 18.2 Å². The summed E-state index contributed by atoms with van der Waals surface area (Å²) in [5.74, 6) is 1.46. The van der Waals surface area contributed by atoms with Gasteiger partial charge in [0.25, 0.3) is 0 Å². The summed E-state index contributed by atoms with van der Waals surface area (Å²) in [5, 5.41) is 0. The van der Waals surface area contributed by atoms with Gasteiger partial charge in [-0.25, -0.2) is 0 Å². The van der Waals surface area contributed by atoms with Crippen LogP contribution in [-0.4, -0.2) is 49.8 Å². The highest BCUT2D eigenvalue weighted by Crippen LogP contribution is 2.32. The number of carbonyl (C=O) groups is 1. The molecule has 1 aromatic rings. The lowest BCUT2D eigenvalue weighted by molar-refractivity contribution is -0.0158. The molecule has 0 spiro atoms. The zero-order valence-electron chi connectivity index (χ0n) is 10.9. The Labute approximate surface area is 112 Å². The van der Waals surface area contributed by atoms with E-state index >= 15 is 0 Å². The van der Waals surface area contributed by atoms with Crippen molar-refractivity contribution in [3.8, 4) is 11.5 Å². The summed E-state index contributed by atoms with van der Waals surface area (Å²) in [6.07, 6.45) is 0.193. The molecule has 0 bridgehead atoms. The van der Waals surface area contributed by atoms with Crippen LogP contribution in [0, 0.1) is 0 Å². The molecular formula is C14H17NO4. The number of hydrogen-bond donors (Lipinski definition) is 0. The van der Waals surface area contributed by atoms with E-state index in [4.69, 9.17) is 14.2 Å². The van der Waals surface area contributed by atoms with E-state index in [-0.39, 0.29) is 18.7 Å². The van der Waals surface area contributed by atoms with E-state index in [1.807, 2.05) is 6.92 Å². The molecule has 1 unspecified atom stereocenters. The van der Waals surface area contributed by atoms with Crippen LogP contribution in [0.15, 0.2) is 18.2 Å². The molecule has 1 saturated heterocycles. The number of benzene rings is 1. The molecule has 2 aliphatic rings. The summed E-state index contributed by atoms with van der Waals surface area (Å²) < 4.78 is 16.0. The van der Waals surface area contributed by atoms with E-state index in [1.165, 1.54) is 0 Å². The number of fused-ring (bicyclic) bond motifs is 1. The zero-order chi connectivity index (χ0) is 13.2. The predicted octanol–water partition coefficient (Wildman–Crippen LogP) is 1.32. The number of ether oxygens (including phenoxy) is 3. The normalized spacial score (nSPS) is 22.5. The maximum absolute atomic E-state index is 12.2. The lowest BCUT2D eigenvalue weighted by Gasteiger charge is -2.30. The van der Waals surface area contributed by atoms with Gasteiger partial charge in [0.05, 0.1) is 19.3 Å². The maximum atomic E-state index is 12.2. The third-order valence-corrected chi connectivity index (χ3v) is 3.39. The van der Waals surface area contributed by atoms with Crippen LogP contribution in [0.4, 0.5) is 0 Å². The highest BCUT2D eigenvalue weighted by Gasteiger charge is 2.21. The fourth-order valence-corrected chi connectivity index (χ4v) is 2.40. The van der Waals surface area contributed by atoms with E-state index in [9.17, 15) is 4.79 Å². The van der Waals surface area contributed by atoms with Crippen LogP contribution >= 0.6 is 0 Å². The molecular weight excluding hydrogens is 246 g/mol. The van der Waals surface area contributed by atoms with Crippen molar-refractivity contribution < 1.29 is 19.0 Å². The molecule has 0 aliphatic carbocycles. The molecule has 102 valence electrons. The Morgan fingerprint density at radius 1 is 1.37 bits per heavy atom. The topological polar surface area (TPSA) is 48.0 Å². The third-order valence-electron chi connectivity index (χ3n) is 3.39. The third kappa shape index (κ3) is 2.72. The quantitative estimate of drug-likeness (QED) is 0.770. The largest absolute Gasteiger partial charge is 0.454 e. The Kier molecular flexibility index (Phi) is 3.40. The molecule has 2 aliphatic heterocycles. The van der Waals surface area contributed by atoms with Crippen molar-refractivity contribution in [2.45, 2.75) is 13.0 Å². The van der Waals surface area contributed by atoms with Crippen molar-refractivity contribution in [1.82, 2.24) is 4.90 Å². The fourth-order valence-electron chi connectivity index (χ4n) is 2.40. The van der Waals surface area contributed by atoms with Crippen molar-refractivity contribution in [3.63, 3.8) is 0 Å². The Morgan fingerprint density at radius 2 is 2.21 bits per heavy atom. The second-order valence-corrected chi connectivity index (χ2v) is 4.91. The minimum atomic E-state index is 0.104. The van der Waals surface area contributed by atoms with Gasteiger partial charge in [-0.05, 0) is 25.1 Å². The molecule has 1 fully saturated rings. The summed E-state index contributed by atoms with van der Waals surface area (Å²) in [5.41, 5.74) is 0.670. The molecule has 0 radical (unpaired) electrons. The van der Waals surface area contributed by atoms with Crippen LogP contribution in [-0.2, 0) is 4.74 Å². The van der Waals surface area contributed by atoms with Crippen molar-refractivity contribution >= 4 is 5.78 Å². The number of morpholine rings is 1. The monoisotopic (exact) mass is 263 g/mol. The van der Waals surface area contributed by atoms with Crippen LogP contribution in [0.25, 0.3) is 0 Å². The number of hydrogen-bond acceptors (Lipinski definition) is 5. The Hall–Kier alpha value is -1.59. The SMILES string of the molecule is CC1CN(CC(=O)c2ccc3c(c2)OCO3)CCO1. The first kappa shape index (κ1) is 12.4. The molecule has 0 N–H and O–H groups in total. The van der Waals surface area contributed by atoms with Crippen LogP contribution < -0.4 is 9.47 Å². The van der Waals surface area contributed by atoms with E-state index in [0.29, 0.717) is 30.2 Å². The second-order valence-electron chi connectivity index (χ2n) is 4.91. The van der Waals surface area contributed by atoms with Gasteiger partial charge in [0.15, 0.2) is 17.3 Å². The average Bonchev–Trinajstić information content (AvgIpc) is 2.85. The molecule has 1 aromatic carbocycles. The van der Waals surface area contributed by atoms with Gasteiger partial charge >= 0.3 is 0 Å². The fraction of sp³-hybridized carbons (Fsp3) is 0.500. The van der Waals surface area contributed by atoms with Crippen molar-refractivity contribution in [1.29, 1.82) is 0 Å². The summed E-state index contributed by atoms with van der Waals surface area (Å²) in [6.45, 7) is 4.98. The van der Waals surface area contributed by atoms with Gasteiger partial charge < -0.3 is 14.2 Å². The maximum Gasteiger partial charge on any atom is 0.231 e. The second kappa shape index (κ2) is 5.19. The molecule has 0 aromatic heterocycles. The van der Waals surface area contributed by atoms with Gasteiger partial charge in [-0.15, -0.1) is 0 Å². The lowest BCUT2D eigenvalue weighted by Crippen LogP contribution is -2.43. The summed E-state index contributed by atoms with van der Waals surface area (Å²) >= 11 is 0. The Morgan fingerprint density at radius 3 is 3.05 bits per heavy atom. The summed E-state index contributed by atoms with van der Waals surface area (Å²) in [4.78, 5) is 14.4. The van der Waals surface area contributed by atoms with Crippen molar-refractivity contribution in [2.75, 3.05) is 33.0 Å². The van der Waals surface area contributed by atoms with Crippen molar-refractivity contribution in [2.24, 2.45) is 0 Å². The molecule has 0 saturated carbocycles. The molecule has 3 rings (SSSR count). The Bertz CT molecular complexity index is 488. The minimum absolute atomic E-state index is 0.104. The van der Waals surface area contributed by atoms with Gasteiger partial charge in [-0.1, -0.05) is 0 Å². The van der Waals surface area contributed by atoms with Crippen LogP contribution in [0.5, 0.6) is 11.5 Å². The molecule has 5 nitrogen and oxygen atoms in total. The minimum Gasteiger partial charge on any atom is -0.454 e. The molecule has 0 amide bonds. The van der Waals surface area contributed by atoms with Gasteiger partial charge in [0.2, 0.25) is 6.79 Å². The first-order valence-electron chi connectivity index (χ1n) is 6.49. The van der Waals surface area contributed by atoms with E-state index in [0.717, 1.165) is 13.1 Å². The lowest BCUT2D eigenvalue weighted by atomic mass is 10.1. The summed E-state index contributed by atoms with van der Waals surface area (Å²) in [6, 6.07) is 5.34. The smallest absolute Gasteiger partial charge is 0.231 e. The number of nitrogens with zero attached hydrogens (tertiary/aromatic N) is 1. The molecule has 19 heavy (non-hydrogen) atoms. The first-order valence-corrected chi connectivity index (χ1v) is 6.49. The zero-order valence-corrected chi connectivity index (χ0v) is 10.9. The van der Waals surface area contributed by atoms with Crippen LogP contribution in [0.1, 0.15) is 17.3 Å². The first-order chi connectivity index (χ1) is 9.22. The number of rotatable bonds is 3. The highest BCUT2D eigenvalue weighted by atomic mass is 16.7. The predicted molar refractivity (Wildman–Crippen MR) is 68.7 cm³/mol.